The Morgan fingerprint density at radius 3 is 2.87 bits per heavy atom. The molecule has 0 unspecified atom stereocenters. The topological polar surface area (TPSA) is 88.1 Å². The van der Waals surface area contributed by atoms with E-state index >= 15 is 0 Å². The zero-order valence-electron chi connectivity index (χ0n) is 16.7. The molecule has 0 radical (unpaired) electrons. The van der Waals surface area contributed by atoms with Crippen LogP contribution in [0.25, 0.3) is 21.8 Å². The standard InChI is InChI=1S/C22H22N6O2/c1-27-19-3-2-14(4-16(19)8-24-27)21(29)26-20-6-18-15(7-23-20)5-17(25-18)9-28-10-22(11-28)12-30-13-22/h2-8,25H,9-13H2,1H3,(H,23,26,29). The number of hydrogen-bond donors (Lipinski definition) is 2. The third-order valence-corrected chi connectivity index (χ3v) is 6.14. The number of nitrogens with zero attached hydrogens (tertiary/aromatic N) is 4. The van der Waals surface area contributed by atoms with Gasteiger partial charge in [-0.1, -0.05) is 0 Å². The highest BCUT2D eigenvalue weighted by Gasteiger charge is 2.48. The molecule has 2 aliphatic heterocycles. The number of H-pyrrole nitrogens is 1. The second kappa shape index (κ2) is 6.38. The molecular formula is C22H22N6O2. The molecule has 2 aliphatic rings. The molecule has 1 aromatic carbocycles. The van der Waals surface area contributed by atoms with Gasteiger partial charge in [0, 0.05) is 66.4 Å². The van der Waals surface area contributed by atoms with Gasteiger partial charge in [0.05, 0.1) is 30.4 Å². The van der Waals surface area contributed by atoms with Gasteiger partial charge in [-0.15, -0.1) is 0 Å². The summed E-state index contributed by atoms with van der Waals surface area (Å²) in [5, 5.41) is 9.10. The van der Waals surface area contributed by atoms with Gasteiger partial charge in [-0.3, -0.25) is 14.4 Å². The van der Waals surface area contributed by atoms with Gasteiger partial charge in [0.1, 0.15) is 5.82 Å². The van der Waals surface area contributed by atoms with Crippen LogP contribution in [0.4, 0.5) is 5.82 Å². The molecule has 2 N–H and O–H groups in total. The van der Waals surface area contributed by atoms with Crippen molar-refractivity contribution in [2.75, 3.05) is 31.6 Å². The van der Waals surface area contributed by atoms with Gasteiger partial charge in [-0.2, -0.15) is 5.10 Å². The maximum absolute atomic E-state index is 12.7. The van der Waals surface area contributed by atoms with Crippen molar-refractivity contribution in [3.63, 3.8) is 0 Å². The van der Waals surface area contributed by atoms with Gasteiger partial charge in [0.15, 0.2) is 0 Å². The molecule has 30 heavy (non-hydrogen) atoms. The maximum atomic E-state index is 12.7. The minimum atomic E-state index is -0.187. The Balaban J connectivity index is 1.17. The van der Waals surface area contributed by atoms with Crippen LogP contribution in [0.1, 0.15) is 16.1 Å². The van der Waals surface area contributed by atoms with Crippen molar-refractivity contribution in [1.29, 1.82) is 0 Å². The van der Waals surface area contributed by atoms with E-state index in [0.717, 1.165) is 60.3 Å². The predicted octanol–water partition coefficient (Wildman–Crippen LogP) is 2.53. The van der Waals surface area contributed by atoms with Gasteiger partial charge < -0.3 is 15.0 Å². The molecule has 8 nitrogen and oxygen atoms in total. The summed E-state index contributed by atoms with van der Waals surface area (Å²) in [6, 6.07) is 9.57. The molecule has 1 spiro atoms. The number of anilines is 1. The van der Waals surface area contributed by atoms with Crippen LogP contribution < -0.4 is 5.32 Å². The summed E-state index contributed by atoms with van der Waals surface area (Å²) in [7, 11) is 1.88. The van der Waals surface area contributed by atoms with E-state index < -0.39 is 0 Å². The summed E-state index contributed by atoms with van der Waals surface area (Å²) < 4.78 is 7.13. The van der Waals surface area contributed by atoms with Gasteiger partial charge in [0.25, 0.3) is 5.91 Å². The molecule has 2 saturated heterocycles. The van der Waals surface area contributed by atoms with Crippen LogP contribution >= 0.6 is 0 Å². The molecular weight excluding hydrogens is 380 g/mol. The van der Waals surface area contributed by atoms with Crippen molar-refractivity contribution in [2.45, 2.75) is 6.54 Å². The van der Waals surface area contributed by atoms with Crippen LogP contribution in [-0.4, -0.2) is 56.9 Å². The molecule has 0 aliphatic carbocycles. The molecule has 0 atom stereocenters. The van der Waals surface area contributed by atoms with Gasteiger partial charge in [-0.25, -0.2) is 4.98 Å². The van der Waals surface area contributed by atoms with Crippen molar-refractivity contribution >= 4 is 33.5 Å². The second-order valence-corrected chi connectivity index (χ2v) is 8.59. The number of aryl methyl sites for hydroxylation is 1. The lowest BCUT2D eigenvalue weighted by molar-refractivity contribution is -0.191. The number of aromatic amines is 1. The lowest BCUT2D eigenvalue weighted by atomic mass is 9.78. The molecule has 2 fully saturated rings. The van der Waals surface area contributed by atoms with Crippen LogP contribution in [0.15, 0.2) is 42.7 Å². The van der Waals surface area contributed by atoms with Crippen LogP contribution in [0.5, 0.6) is 0 Å². The Hall–Kier alpha value is -3.23. The number of pyridine rings is 1. The van der Waals surface area contributed by atoms with E-state index in [9.17, 15) is 4.79 Å². The van der Waals surface area contributed by atoms with Crippen LogP contribution in [0, 0.1) is 5.41 Å². The molecule has 4 aromatic rings. The Morgan fingerprint density at radius 2 is 2.07 bits per heavy atom. The number of hydrogen-bond acceptors (Lipinski definition) is 5. The molecule has 3 aromatic heterocycles. The van der Waals surface area contributed by atoms with Crippen molar-refractivity contribution in [1.82, 2.24) is 24.6 Å². The number of ether oxygens (including phenoxy) is 1. The summed E-state index contributed by atoms with van der Waals surface area (Å²) in [6.45, 7) is 4.89. The van der Waals surface area contributed by atoms with Crippen molar-refractivity contribution in [3.8, 4) is 0 Å². The third-order valence-electron chi connectivity index (χ3n) is 6.14. The number of amides is 1. The Kier molecular flexibility index (Phi) is 3.75. The zero-order chi connectivity index (χ0) is 20.3. The normalized spacial score (nSPS) is 17.9. The van der Waals surface area contributed by atoms with E-state index in [4.69, 9.17) is 4.74 Å². The number of fused-ring (bicyclic) bond motifs is 2. The summed E-state index contributed by atoms with van der Waals surface area (Å²) in [5.74, 6) is 0.342. The number of carbonyl (C=O) groups is 1. The smallest absolute Gasteiger partial charge is 0.256 e. The van der Waals surface area contributed by atoms with Crippen molar-refractivity contribution in [3.05, 3.63) is 54.0 Å². The van der Waals surface area contributed by atoms with E-state index in [-0.39, 0.29) is 5.91 Å². The van der Waals surface area contributed by atoms with Crippen LogP contribution in [0.3, 0.4) is 0 Å². The maximum Gasteiger partial charge on any atom is 0.256 e. The minimum absolute atomic E-state index is 0.187. The SMILES string of the molecule is Cn1ncc2cc(C(=O)Nc3cc4[nH]c(CN5CC6(COC6)C5)cc4cn3)ccc21. The third kappa shape index (κ3) is 2.88. The van der Waals surface area contributed by atoms with Gasteiger partial charge in [-0.05, 0) is 24.3 Å². The van der Waals surface area contributed by atoms with Gasteiger partial charge >= 0.3 is 0 Å². The quantitative estimate of drug-likeness (QED) is 0.548. The summed E-state index contributed by atoms with van der Waals surface area (Å²) >= 11 is 0. The van der Waals surface area contributed by atoms with Gasteiger partial charge in [0.2, 0.25) is 0 Å². The number of nitrogens with one attached hydrogen (secondary N) is 2. The highest BCUT2D eigenvalue weighted by Crippen LogP contribution is 2.38. The molecule has 0 bridgehead atoms. The minimum Gasteiger partial charge on any atom is -0.380 e. The second-order valence-electron chi connectivity index (χ2n) is 8.59. The Labute approximate surface area is 172 Å². The zero-order valence-corrected chi connectivity index (χ0v) is 16.7. The fourth-order valence-electron chi connectivity index (χ4n) is 4.56. The molecule has 5 heterocycles. The van der Waals surface area contributed by atoms with E-state index in [2.05, 4.69) is 31.3 Å². The molecule has 8 heteroatoms. The fourth-order valence-corrected chi connectivity index (χ4v) is 4.56. The number of benzene rings is 1. The lowest BCUT2D eigenvalue weighted by Gasteiger charge is -2.55. The first kappa shape index (κ1) is 17.6. The molecule has 0 saturated carbocycles. The number of rotatable bonds is 4. The van der Waals surface area contributed by atoms with Crippen molar-refractivity contribution < 1.29 is 9.53 Å². The highest BCUT2D eigenvalue weighted by atomic mass is 16.5. The number of aromatic nitrogens is 4. The average molecular weight is 402 g/mol. The average Bonchev–Trinajstić information content (AvgIpc) is 3.25. The lowest BCUT2D eigenvalue weighted by Crippen LogP contribution is -2.65. The van der Waals surface area contributed by atoms with Crippen LogP contribution in [-0.2, 0) is 18.3 Å². The van der Waals surface area contributed by atoms with E-state index in [1.54, 1.807) is 23.1 Å². The van der Waals surface area contributed by atoms with Crippen LogP contribution in [0.2, 0.25) is 0 Å². The van der Waals surface area contributed by atoms with E-state index in [0.29, 0.717) is 16.8 Å². The first-order valence-corrected chi connectivity index (χ1v) is 10.1. The summed E-state index contributed by atoms with van der Waals surface area (Å²) in [4.78, 5) is 23.0. The van der Waals surface area contributed by atoms with Crippen molar-refractivity contribution in [2.24, 2.45) is 12.5 Å². The Bertz CT molecular complexity index is 1280. The number of carbonyl (C=O) groups excluding carboxylic acids is 1. The largest absolute Gasteiger partial charge is 0.380 e. The number of likely N-dealkylation sites (tertiary alicyclic amines) is 1. The monoisotopic (exact) mass is 402 g/mol. The molecule has 1 amide bonds. The molecule has 152 valence electrons. The highest BCUT2D eigenvalue weighted by molar-refractivity contribution is 6.06. The fraction of sp³-hybridized carbons (Fsp3) is 0.318. The summed E-state index contributed by atoms with van der Waals surface area (Å²) in [6.07, 6.45) is 3.56. The predicted molar refractivity (Wildman–Crippen MR) is 113 cm³/mol. The van der Waals surface area contributed by atoms with E-state index in [1.807, 2.05) is 25.2 Å². The first-order chi connectivity index (χ1) is 14.6. The first-order valence-electron chi connectivity index (χ1n) is 10.1. The summed E-state index contributed by atoms with van der Waals surface area (Å²) in [5.41, 5.74) is 4.12. The molecule has 6 rings (SSSR count). The Morgan fingerprint density at radius 1 is 1.20 bits per heavy atom. The van der Waals surface area contributed by atoms with E-state index in [1.165, 1.54) is 0 Å².